The smallest absolute Gasteiger partial charge is 0.00866 e. The lowest BCUT2D eigenvalue weighted by Gasteiger charge is -2.11. The molecule has 0 aliphatic heterocycles. The SMILES string of the molecule is C#CCCCC(C[CH2])NC. The lowest BCUT2D eigenvalue weighted by atomic mass is 10.1. The third kappa shape index (κ3) is 4.40. The molecule has 0 amide bonds. The van der Waals surface area contributed by atoms with Gasteiger partial charge in [0.05, 0.1) is 0 Å². The molecule has 0 aromatic heterocycles. The average Bonchev–Trinajstić information content (AvgIpc) is 1.99. The Labute approximate surface area is 64.2 Å². The minimum absolute atomic E-state index is 0.549. The van der Waals surface area contributed by atoms with Gasteiger partial charge in [-0.25, -0.2) is 0 Å². The first-order valence-electron chi connectivity index (χ1n) is 3.75. The van der Waals surface area contributed by atoms with Crippen LogP contribution in [-0.4, -0.2) is 13.1 Å². The van der Waals surface area contributed by atoms with E-state index in [9.17, 15) is 0 Å². The highest BCUT2D eigenvalue weighted by molar-refractivity contribution is 4.83. The van der Waals surface area contributed by atoms with Crippen LogP contribution in [0.5, 0.6) is 0 Å². The summed E-state index contributed by atoms with van der Waals surface area (Å²) in [6.07, 6.45) is 9.20. The topological polar surface area (TPSA) is 12.0 Å². The molecule has 1 unspecified atom stereocenters. The van der Waals surface area contributed by atoms with E-state index in [0.29, 0.717) is 6.04 Å². The van der Waals surface area contributed by atoms with Crippen LogP contribution in [0.3, 0.4) is 0 Å². The predicted octanol–water partition coefficient (Wildman–Crippen LogP) is 1.60. The number of unbranched alkanes of at least 4 members (excludes halogenated alkanes) is 1. The van der Waals surface area contributed by atoms with Crippen LogP contribution in [-0.2, 0) is 0 Å². The van der Waals surface area contributed by atoms with Gasteiger partial charge in [0.2, 0.25) is 0 Å². The van der Waals surface area contributed by atoms with E-state index in [1.165, 1.54) is 0 Å². The Morgan fingerprint density at radius 2 is 2.40 bits per heavy atom. The second kappa shape index (κ2) is 6.64. The zero-order valence-corrected chi connectivity index (χ0v) is 6.69. The minimum atomic E-state index is 0.549. The molecule has 0 rings (SSSR count). The van der Waals surface area contributed by atoms with Crippen molar-refractivity contribution < 1.29 is 0 Å². The molecule has 0 aliphatic carbocycles. The quantitative estimate of drug-likeness (QED) is 0.449. The molecule has 0 aromatic rings. The normalized spacial score (nSPS) is 12.5. The van der Waals surface area contributed by atoms with Crippen LogP contribution < -0.4 is 5.32 Å². The lowest BCUT2D eigenvalue weighted by molar-refractivity contribution is 0.512. The predicted molar refractivity (Wildman–Crippen MR) is 45.5 cm³/mol. The first-order chi connectivity index (χ1) is 4.85. The van der Waals surface area contributed by atoms with Gasteiger partial charge in [-0.1, -0.05) is 6.92 Å². The summed E-state index contributed by atoms with van der Waals surface area (Å²) in [5, 5.41) is 3.18. The van der Waals surface area contributed by atoms with Gasteiger partial charge in [0, 0.05) is 12.5 Å². The Morgan fingerprint density at radius 1 is 1.70 bits per heavy atom. The van der Waals surface area contributed by atoms with Crippen molar-refractivity contribution in [3.05, 3.63) is 6.92 Å². The lowest BCUT2D eigenvalue weighted by Crippen LogP contribution is -2.23. The Kier molecular flexibility index (Phi) is 6.32. The van der Waals surface area contributed by atoms with E-state index in [1.807, 2.05) is 7.05 Å². The van der Waals surface area contributed by atoms with Crippen molar-refractivity contribution in [1.29, 1.82) is 0 Å². The maximum absolute atomic E-state index is 5.11. The van der Waals surface area contributed by atoms with E-state index in [2.05, 4.69) is 18.2 Å². The molecule has 0 saturated heterocycles. The maximum Gasteiger partial charge on any atom is 0.00866 e. The van der Waals surface area contributed by atoms with E-state index in [0.717, 1.165) is 25.7 Å². The highest BCUT2D eigenvalue weighted by Gasteiger charge is 1.99. The van der Waals surface area contributed by atoms with Crippen LogP contribution in [0, 0.1) is 19.3 Å². The summed E-state index contributed by atoms with van der Waals surface area (Å²) in [5.74, 6) is 2.62. The van der Waals surface area contributed by atoms with Crippen LogP contribution in [0.25, 0.3) is 0 Å². The monoisotopic (exact) mass is 138 g/mol. The van der Waals surface area contributed by atoms with Gasteiger partial charge < -0.3 is 5.32 Å². The molecule has 0 aliphatic rings. The van der Waals surface area contributed by atoms with Crippen molar-refractivity contribution in [1.82, 2.24) is 5.32 Å². The van der Waals surface area contributed by atoms with Crippen molar-refractivity contribution in [2.75, 3.05) is 7.05 Å². The minimum Gasteiger partial charge on any atom is -0.317 e. The highest BCUT2D eigenvalue weighted by Crippen LogP contribution is 2.02. The molecule has 1 N–H and O–H groups in total. The number of rotatable bonds is 5. The van der Waals surface area contributed by atoms with E-state index in [4.69, 9.17) is 6.42 Å². The first kappa shape index (κ1) is 9.52. The van der Waals surface area contributed by atoms with Crippen LogP contribution in [0.15, 0.2) is 0 Å². The fourth-order valence-corrected chi connectivity index (χ4v) is 0.884. The van der Waals surface area contributed by atoms with Gasteiger partial charge in [0.25, 0.3) is 0 Å². The molecule has 1 radical (unpaired) electrons. The van der Waals surface area contributed by atoms with Gasteiger partial charge in [-0.15, -0.1) is 12.3 Å². The summed E-state index contributed by atoms with van der Waals surface area (Å²) in [6, 6.07) is 0.549. The van der Waals surface area contributed by atoms with Crippen LogP contribution in [0.2, 0.25) is 0 Å². The van der Waals surface area contributed by atoms with E-state index < -0.39 is 0 Å². The molecule has 0 spiro atoms. The largest absolute Gasteiger partial charge is 0.317 e. The Bertz CT molecular complexity index is 97.8. The van der Waals surface area contributed by atoms with Crippen LogP contribution in [0.4, 0.5) is 0 Å². The molecule has 0 fully saturated rings. The molecule has 0 aromatic carbocycles. The van der Waals surface area contributed by atoms with Gasteiger partial charge >= 0.3 is 0 Å². The zero-order chi connectivity index (χ0) is 7.82. The number of hydrogen-bond acceptors (Lipinski definition) is 1. The van der Waals surface area contributed by atoms with Gasteiger partial charge in [0.1, 0.15) is 0 Å². The highest BCUT2D eigenvalue weighted by atomic mass is 14.9. The molecule has 10 heavy (non-hydrogen) atoms. The second-order valence-corrected chi connectivity index (χ2v) is 2.37. The van der Waals surface area contributed by atoms with Gasteiger partial charge in [-0.2, -0.15) is 0 Å². The van der Waals surface area contributed by atoms with Crippen molar-refractivity contribution in [3.63, 3.8) is 0 Å². The average molecular weight is 138 g/mol. The first-order valence-corrected chi connectivity index (χ1v) is 3.75. The van der Waals surface area contributed by atoms with Gasteiger partial charge in [-0.3, -0.25) is 0 Å². The van der Waals surface area contributed by atoms with Gasteiger partial charge in [-0.05, 0) is 26.3 Å². The van der Waals surface area contributed by atoms with Crippen LogP contribution >= 0.6 is 0 Å². The summed E-state index contributed by atoms with van der Waals surface area (Å²) < 4.78 is 0. The summed E-state index contributed by atoms with van der Waals surface area (Å²) in [6.45, 7) is 3.82. The summed E-state index contributed by atoms with van der Waals surface area (Å²) in [4.78, 5) is 0. The fourth-order valence-electron chi connectivity index (χ4n) is 0.884. The third-order valence-electron chi connectivity index (χ3n) is 1.63. The maximum atomic E-state index is 5.11. The Balaban J connectivity index is 3.19. The van der Waals surface area contributed by atoms with Crippen molar-refractivity contribution in [2.24, 2.45) is 0 Å². The second-order valence-electron chi connectivity index (χ2n) is 2.37. The molecule has 1 heteroatoms. The van der Waals surface area contributed by atoms with E-state index >= 15 is 0 Å². The van der Waals surface area contributed by atoms with Crippen molar-refractivity contribution in [3.8, 4) is 12.3 Å². The molecule has 0 saturated carbocycles. The summed E-state index contributed by atoms with van der Waals surface area (Å²) in [7, 11) is 1.96. The number of hydrogen-bond donors (Lipinski definition) is 1. The number of nitrogens with one attached hydrogen (secondary N) is 1. The molecule has 1 atom stereocenters. The Morgan fingerprint density at radius 3 is 2.80 bits per heavy atom. The zero-order valence-electron chi connectivity index (χ0n) is 6.69. The summed E-state index contributed by atoms with van der Waals surface area (Å²) >= 11 is 0. The van der Waals surface area contributed by atoms with Crippen molar-refractivity contribution in [2.45, 2.75) is 31.7 Å². The molecule has 0 heterocycles. The standard InChI is InChI=1S/C9H16N/c1-4-6-7-8-9(5-2)10-3/h1,9-10H,2,5-8H2,3H3. The van der Waals surface area contributed by atoms with Gasteiger partial charge in [0.15, 0.2) is 0 Å². The van der Waals surface area contributed by atoms with E-state index in [-0.39, 0.29) is 0 Å². The van der Waals surface area contributed by atoms with E-state index in [1.54, 1.807) is 0 Å². The van der Waals surface area contributed by atoms with Crippen molar-refractivity contribution >= 4 is 0 Å². The molecular weight excluding hydrogens is 122 g/mol. The number of terminal acetylenes is 1. The fraction of sp³-hybridized carbons (Fsp3) is 0.667. The molecule has 0 bridgehead atoms. The molecule has 1 nitrogen and oxygen atoms in total. The Hall–Kier alpha value is -0.480. The molecule has 57 valence electrons. The third-order valence-corrected chi connectivity index (χ3v) is 1.63. The van der Waals surface area contributed by atoms with Crippen LogP contribution in [0.1, 0.15) is 25.7 Å². The molecular formula is C9H16N. The summed E-state index contributed by atoms with van der Waals surface area (Å²) in [5.41, 5.74) is 0.